The van der Waals surface area contributed by atoms with Gasteiger partial charge in [-0.05, 0) is 38.7 Å². The molecule has 0 spiro atoms. The summed E-state index contributed by atoms with van der Waals surface area (Å²) >= 11 is 0. The lowest BCUT2D eigenvalue weighted by atomic mass is 9.97. The van der Waals surface area contributed by atoms with E-state index in [1.165, 1.54) is 0 Å². The van der Waals surface area contributed by atoms with Crippen LogP contribution in [0.2, 0.25) is 0 Å². The lowest BCUT2D eigenvalue weighted by molar-refractivity contribution is -0.159. The molecule has 148 valence electrons. The molecular formula is C21H28O6. The number of aliphatic hydroxyl groups is 2. The maximum Gasteiger partial charge on any atom is 0.164 e. The third kappa shape index (κ3) is 5.52. The van der Waals surface area contributed by atoms with E-state index in [0.717, 1.165) is 19.3 Å². The average molecular weight is 376 g/mol. The fourth-order valence-corrected chi connectivity index (χ4v) is 3.35. The van der Waals surface area contributed by atoms with E-state index in [2.05, 4.69) is 11.8 Å². The molecule has 0 aliphatic carbocycles. The largest absolute Gasteiger partial charge is 0.386 e. The SMILES string of the molecule is CC1(C)O[C@@H]([C@@H](O)c2ccccc2)[C@@H]([C@H](O)C#CCOC2CCCCO2)O1. The lowest BCUT2D eigenvalue weighted by Gasteiger charge is -2.24. The summed E-state index contributed by atoms with van der Waals surface area (Å²) in [7, 11) is 0. The van der Waals surface area contributed by atoms with Crippen LogP contribution in [0.5, 0.6) is 0 Å². The second kappa shape index (κ2) is 9.16. The normalized spacial score (nSPS) is 29.6. The second-order valence-corrected chi connectivity index (χ2v) is 7.29. The first-order valence-electron chi connectivity index (χ1n) is 9.44. The van der Waals surface area contributed by atoms with Crippen molar-refractivity contribution in [3.63, 3.8) is 0 Å². The van der Waals surface area contributed by atoms with Gasteiger partial charge in [0, 0.05) is 6.61 Å². The van der Waals surface area contributed by atoms with Crippen molar-refractivity contribution in [3.05, 3.63) is 35.9 Å². The van der Waals surface area contributed by atoms with Crippen LogP contribution in [0.4, 0.5) is 0 Å². The maximum absolute atomic E-state index is 10.7. The molecule has 2 aliphatic rings. The van der Waals surface area contributed by atoms with Gasteiger partial charge in [-0.3, -0.25) is 0 Å². The van der Waals surface area contributed by atoms with Gasteiger partial charge in [0.15, 0.2) is 12.1 Å². The Labute approximate surface area is 160 Å². The van der Waals surface area contributed by atoms with Crippen molar-refractivity contribution in [2.24, 2.45) is 0 Å². The van der Waals surface area contributed by atoms with Crippen LogP contribution < -0.4 is 0 Å². The predicted molar refractivity (Wildman–Crippen MR) is 98.6 cm³/mol. The molecule has 0 amide bonds. The van der Waals surface area contributed by atoms with Gasteiger partial charge in [-0.15, -0.1) is 0 Å². The highest BCUT2D eigenvalue weighted by atomic mass is 16.8. The van der Waals surface area contributed by atoms with Gasteiger partial charge in [-0.25, -0.2) is 0 Å². The van der Waals surface area contributed by atoms with Gasteiger partial charge in [-0.2, -0.15) is 0 Å². The van der Waals surface area contributed by atoms with Crippen molar-refractivity contribution in [3.8, 4) is 11.8 Å². The van der Waals surface area contributed by atoms with Crippen molar-refractivity contribution in [1.29, 1.82) is 0 Å². The molecular weight excluding hydrogens is 348 g/mol. The van der Waals surface area contributed by atoms with Crippen molar-refractivity contribution in [1.82, 2.24) is 0 Å². The van der Waals surface area contributed by atoms with Crippen molar-refractivity contribution in [2.45, 2.75) is 69.6 Å². The molecule has 5 atom stereocenters. The average Bonchev–Trinajstić information content (AvgIpc) is 3.01. The molecule has 0 saturated carbocycles. The summed E-state index contributed by atoms with van der Waals surface area (Å²) in [5, 5.41) is 21.2. The van der Waals surface area contributed by atoms with Crippen molar-refractivity contribution >= 4 is 0 Å². The Bertz CT molecular complexity index is 644. The molecule has 0 radical (unpaired) electrons. The minimum absolute atomic E-state index is 0.171. The molecule has 6 nitrogen and oxygen atoms in total. The van der Waals surface area contributed by atoms with Crippen LogP contribution in [0.1, 0.15) is 44.8 Å². The number of hydrogen-bond acceptors (Lipinski definition) is 6. The van der Waals surface area contributed by atoms with Gasteiger partial charge in [0.05, 0.1) is 0 Å². The Balaban J connectivity index is 1.61. The number of aliphatic hydroxyl groups excluding tert-OH is 2. The predicted octanol–water partition coefficient (Wildman–Crippen LogP) is 2.15. The summed E-state index contributed by atoms with van der Waals surface area (Å²) in [6.07, 6.45) is -0.742. The van der Waals surface area contributed by atoms with E-state index >= 15 is 0 Å². The monoisotopic (exact) mass is 376 g/mol. The van der Waals surface area contributed by atoms with Crippen molar-refractivity contribution < 1.29 is 29.2 Å². The summed E-state index contributed by atoms with van der Waals surface area (Å²) in [5.41, 5.74) is 0.701. The smallest absolute Gasteiger partial charge is 0.164 e. The zero-order valence-corrected chi connectivity index (χ0v) is 15.8. The summed E-state index contributed by atoms with van der Waals surface area (Å²) in [4.78, 5) is 0. The van der Waals surface area contributed by atoms with Crippen LogP contribution in [0.25, 0.3) is 0 Å². The van der Waals surface area contributed by atoms with E-state index in [0.29, 0.717) is 12.2 Å². The summed E-state index contributed by atoms with van der Waals surface area (Å²) in [6.45, 7) is 4.38. The second-order valence-electron chi connectivity index (χ2n) is 7.29. The molecule has 0 bridgehead atoms. The van der Waals surface area contributed by atoms with Gasteiger partial charge in [0.25, 0.3) is 0 Å². The van der Waals surface area contributed by atoms with Gasteiger partial charge in [0.2, 0.25) is 0 Å². The van der Waals surface area contributed by atoms with Gasteiger partial charge in [-0.1, -0.05) is 42.2 Å². The highest BCUT2D eigenvalue weighted by molar-refractivity contribution is 5.20. The zero-order chi connectivity index (χ0) is 19.3. The first-order valence-corrected chi connectivity index (χ1v) is 9.44. The fraction of sp³-hybridized carbons (Fsp3) is 0.619. The molecule has 1 aromatic rings. The van der Waals surface area contributed by atoms with Gasteiger partial charge < -0.3 is 29.2 Å². The molecule has 27 heavy (non-hydrogen) atoms. The first-order chi connectivity index (χ1) is 13.0. The van der Waals surface area contributed by atoms with E-state index in [9.17, 15) is 10.2 Å². The number of hydrogen-bond donors (Lipinski definition) is 2. The topological polar surface area (TPSA) is 77.4 Å². The number of rotatable bonds is 5. The Hall–Kier alpha value is -1.46. The van der Waals surface area contributed by atoms with E-state index in [-0.39, 0.29) is 12.9 Å². The standard InChI is InChI=1S/C21H28O6/c1-21(2)26-19(20(27-21)18(23)15-9-4-3-5-10-15)16(22)11-8-14-25-17-12-6-7-13-24-17/h3-5,9-10,16-20,22-23H,6-7,12-14H2,1-2H3/t16-,17?,18+,19-,20+/m1/s1. The molecule has 2 aliphatic heterocycles. The summed E-state index contributed by atoms with van der Waals surface area (Å²) in [5.74, 6) is 4.65. The Morgan fingerprint density at radius 1 is 1.15 bits per heavy atom. The van der Waals surface area contributed by atoms with Crippen molar-refractivity contribution in [2.75, 3.05) is 13.2 Å². The molecule has 3 rings (SSSR count). The quantitative estimate of drug-likeness (QED) is 0.767. The van der Waals surface area contributed by atoms with Crippen LogP contribution in [0, 0.1) is 11.8 Å². The van der Waals surface area contributed by atoms with Crippen LogP contribution in [0.15, 0.2) is 30.3 Å². The Morgan fingerprint density at radius 2 is 1.89 bits per heavy atom. The first kappa shape index (κ1) is 20.3. The van der Waals surface area contributed by atoms with E-state index < -0.39 is 30.2 Å². The summed E-state index contributed by atoms with van der Waals surface area (Å²) in [6, 6.07) is 9.18. The molecule has 6 heteroatoms. The molecule has 2 fully saturated rings. The third-order valence-corrected chi connectivity index (χ3v) is 4.66. The molecule has 0 aromatic heterocycles. The van der Waals surface area contributed by atoms with Crippen LogP contribution in [0.3, 0.4) is 0 Å². The molecule has 2 N–H and O–H groups in total. The molecule has 1 unspecified atom stereocenters. The minimum Gasteiger partial charge on any atom is -0.386 e. The number of benzene rings is 1. The fourth-order valence-electron chi connectivity index (χ4n) is 3.35. The molecule has 2 heterocycles. The lowest BCUT2D eigenvalue weighted by Crippen LogP contribution is -2.38. The zero-order valence-electron chi connectivity index (χ0n) is 15.8. The van der Waals surface area contributed by atoms with Crippen LogP contribution in [-0.2, 0) is 18.9 Å². The van der Waals surface area contributed by atoms with E-state index in [1.54, 1.807) is 13.8 Å². The van der Waals surface area contributed by atoms with Gasteiger partial charge in [0.1, 0.15) is 31.0 Å². The Kier molecular flexibility index (Phi) is 6.88. The molecule has 2 saturated heterocycles. The third-order valence-electron chi connectivity index (χ3n) is 4.66. The minimum atomic E-state index is -1.11. The van der Waals surface area contributed by atoms with Crippen LogP contribution in [-0.4, -0.2) is 53.8 Å². The highest BCUT2D eigenvalue weighted by Crippen LogP contribution is 2.36. The Morgan fingerprint density at radius 3 is 2.59 bits per heavy atom. The molecule has 1 aromatic carbocycles. The maximum atomic E-state index is 10.7. The van der Waals surface area contributed by atoms with Crippen LogP contribution >= 0.6 is 0 Å². The van der Waals surface area contributed by atoms with E-state index in [4.69, 9.17) is 18.9 Å². The highest BCUT2D eigenvalue weighted by Gasteiger charge is 2.48. The van der Waals surface area contributed by atoms with Gasteiger partial charge >= 0.3 is 0 Å². The van der Waals surface area contributed by atoms with E-state index in [1.807, 2.05) is 30.3 Å². The number of ether oxygens (including phenoxy) is 4. The summed E-state index contributed by atoms with van der Waals surface area (Å²) < 4.78 is 22.7.